The average Bonchev–Trinajstić information content (AvgIpc) is 2.67. The normalized spacial score (nSPS) is 11.5. The topological polar surface area (TPSA) is 81.1 Å². The number of hydrogen-bond acceptors (Lipinski definition) is 4. The van der Waals surface area contributed by atoms with E-state index in [1.54, 1.807) is 13.8 Å². The van der Waals surface area contributed by atoms with E-state index < -0.39 is 28.4 Å². The summed E-state index contributed by atoms with van der Waals surface area (Å²) >= 11 is 0. The minimum Gasteiger partial charge on any atom is -0.266 e. The second-order valence-corrected chi connectivity index (χ2v) is 5.62. The number of nitrogens with one attached hydrogen (secondary N) is 1. The lowest BCUT2D eigenvalue weighted by molar-refractivity contribution is 0.0971. The van der Waals surface area contributed by atoms with Gasteiger partial charge in [-0.25, -0.2) is 13.1 Å². The van der Waals surface area contributed by atoms with Gasteiger partial charge in [0.2, 0.25) is 10.0 Å². The molecule has 0 radical (unpaired) electrons. The first-order valence-corrected chi connectivity index (χ1v) is 7.20. The molecule has 0 aliphatic rings. The van der Waals surface area contributed by atoms with Crippen LogP contribution in [0.1, 0.15) is 29.5 Å². The van der Waals surface area contributed by atoms with E-state index in [9.17, 15) is 17.6 Å². The van der Waals surface area contributed by atoms with Crippen molar-refractivity contribution in [2.24, 2.45) is 0 Å². The molecule has 0 spiro atoms. The molecule has 0 saturated carbocycles. The van der Waals surface area contributed by atoms with Crippen molar-refractivity contribution in [3.05, 3.63) is 17.5 Å². The number of nitrogens with zero attached hydrogens (tertiary/aromatic N) is 2. The van der Waals surface area contributed by atoms with Crippen LogP contribution in [0.25, 0.3) is 0 Å². The van der Waals surface area contributed by atoms with Crippen LogP contribution in [0.3, 0.4) is 0 Å². The minimum atomic E-state index is -3.79. The lowest BCUT2D eigenvalue weighted by Gasteiger charge is -2.06. The Morgan fingerprint density at radius 1 is 1.56 bits per heavy atom. The highest BCUT2D eigenvalue weighted by molar-refractivity contribution is 7.90. The van der Waals surface area contributed by atoms with Gasteiger partial charge in [-0.1, -0.05) is 0 Å². The highest BCUT2D eigenvalue weighted by Crippen LogP contribution is 2.04. The SMILES string of the molecule is CCn1nc(C)cc1C(=O)NS(=O)(=O)CCCF. The molecule has 8 heteroatoms. The van der Waals surface area contributed by atoms with Crippen molar-refractivity contribution in [3.63, 3.8) is 0 Å². The number of alkyl halides is 1. The van der Waals surface area contributed by atoms with E-state index in [4.69, 9.17) is 0 Å². The fraction of sp³-hybridized carbons (Fsp3) is 0.600. The van der Waals surface area contributed by atoms with Crippen LogP contribution in [-0.4, -0.2) is 36.5 Å². The molecule has 0 aliphatic carbocycles. The summed E-state index contributed by atoms with van der Waals surface area (Å²) in [5.74, 6) is -1.15. The minimum absolute atomic E-state index is 0.130. The predicted molar refractivity (Wildman–Crippen MR) is 64.5 cm³/mol. The summed E-state index contributed by atoms with van der Waals surface area (Å²) in [6.07, 6.45) is -0.130. The first-order chi connectivity index (χ1) is 8.39. The van der Waals surface area contributed by atoms with E-state index >= 15 is 0 Å². The molecule has 18 heavy (non-hydrogen) atoms. The summed E-state index contributed by atoms with van der Waals surface area (Å²) < 4.78 is 38.1. The Balaban J connectivity index is 2.82. The van der Waals surface area contributed by atoms with Crippen molar-refractivity contribution < 1.29 is 17.6 Å². The standard InChI is InChI=1S/C10H16FN3O3S/c1-3-14-9(7-8(2)12-14)10(15)13-18(16,17)6-4-5-11/h7H,3-6H2,1-2H3,(H,13,15). The zero-order valence-electron chi connectivity index (χ0n) is 10.3. The van der Waals surface area contributed by atoms with Gasteiger partial charge < -0.3 is 0 Å². The second kappa shape index (κ2) is 5.94. The van der Waals surface area contributed by atoms with Gasteiger partial charge in [-0.3, -0.25) is 13.9 Å². The summed E-state index contributed by atoms with van der Waals surface area (Å²) in [5, 5.41) is 4.04. The highest BCUT2D eigenvalue weighted by Gasteiger charge is 2.19. The molecule has 1 aromatic heterocycles. The van der Waals surface area contributed by atoms with Crippen molar-refractivity contribution in [3.8, 4) is 0 Å². The maximum absolute atomic E-state index is 11.9. The van der Waals surface area contributed by atoms with Crippen molar-refractivity contribution in [1.29, 1.82) is 0 Å². The third kappa shape index (κ3) is 3.80. The van der Waals surface area contributed by atoms with Gasteiger partial charge in [0.1, 0.15) is 5.69 Å². The zero-order valence-corrected chi connectivity index (χ0v) is 11.1. The van der Waals surface area contributed by atoms with Crippen molar-refractivity contribution >= 4 is 15.9 Å². The van der Waals surface area contributed by atoms with Crippen LogP contribution in [0.4, 0.5) is 4.39 Å². The molecule has 0 aromatic carbocycles. The Kier molecular flexibility index (Phi) is 4.83. The molecule has 0 aliphatic heterocycles. The van der Waals surface area contributed by atoms with Crippen molar-refractivity contribution in [2.45, 2.75) is 26.8 Å². The largest absolute Gasteiger partial charge is 0.282 e. The molecule has 0 atom stereocenters. The van der Waals surface area contributed by atoms with Crippen molar-refractivity contribution in [1.82, 2.24) is 14.5 Å². The Morgan fingerprint density at radius 3 is 2.78 bits per heavy atom. The van der Waals surface area contributed by atoms with Crippen LogP contribution in [-0.2, 0) is 16.6 Å². The molecule has 1 N–H and O–H groups in total. The molecule has 0 saturated heterocycles. The number of hydrogen-bond donors (Lipinski definition) is 1. The lowest BCUT2D eigenvalue weighted by Crippen LogP contribution is -2.34. The van der Waals surface area contributed by atoms with Crippen molar-refractivity contribution in [2.75, 3.05) is 12.4 Å². The maximum atomic E-state index is 11.9. The number of halogens is 1. The first-order valence-electron chi connectivity index (χ1n) is 5.55. The fourth-order valence-corrected chi connectivity index (χ4v) is 2.44. The zero-order chi connectivity index (χ0) is 13.8. The van der Waals surface area contributed by atoms with E-state index in [1.165, 1.54) is 10.7 Å². The summed E-state index contributed by atoms with van der Waals surface area (Å²) in [7, 11) is -3.79. The van der Waals surface area contributed by atoms with Gasteiger partial charge in [0.15, 0.2) is 0 Å². The molecule has 0 fully saturated rings. The quantitative estimate of drug-likeness (QED) is 0.827. The number of aryl methyl sites for hydroxylation is 2. The predicted octanol–water partition coefficient (Wildman–Crippen LogP) is 0.631. The van der Waals surface area contributed by atoms with Gasteiger partial charge in [0.25, 0.3) is 5.91 Å². The average molecular weight is 277 g/mol. The summed E-state index contributed by atoms with van der Waals surface area (Å²) in [6, 6.07) is 1.50. The fourth-order valence-electron chi connectivity index (χ4n) is 1.46. The van der Waals surface area contributed by atoms with Gasteiger partial charge in [-0.15, -0.1) is 0 Å². The van der Waals surface area contributed by atoms with Crippen LogP contribution in [0.2, 0.25) is 0 Å². The Morgan fingerprint density at radius 2 is 2.22 bits per heavy atom. The smallest absolute Gasteiger partial charge is 0.266 e. The van der Waals surface area contributed by atoms with Crippen LogP contribution < -0.4 is 4.72 Å². The number of sulfonamides is 1. The van der Waals surface area contributed by atoms with Crippen LogP contribution in [0.5, 0.6) is 0 Å². The maximum Gasteiger partial charge on any atom is 0.282 e. The van der Waals surface area contributed by atoms with E-state index in [1.807, 2.05) is 4.72 Å². The van der Waals surface area contributed by atoms with Crippen LogP contribution in [0, 0.1) is 6.92 Å². The van der Waals surface area contributed by atoms with Crippen LogP contribution >= 0.6 is 0 Å². The Labute approximate surface area is 105 Å². The van der Waals surface area contributed by atoms with E-state index in [0.717, 1.165) is 0 Å². The van der Waals surface area contributed by atoms with Crippen LogP contribution in [0.15, 0.2) is 6.07 Å². The molecule has 1 rings (SSSR count). The second-order valence-electron chi connectivity index (χ2n) is 3.78. The van der Waals surface area contributed by atoms with E-state index in [-0.39, 0.29) is 12.1 Å². The summed E-state index contributed by atoms with van der Waals surface area (Å²) in [6.45, 7) is 3.23. The Bertz CT molecular complexity index is 524. The molecule has 0 unspecified atom stereocenters. The van der Waals surface area contributed by atoms with E-state index in [2.05, 4.69) is 5.10 Å². The van der Waals surface area contributed by atoms with E-state index in [0.29, 0.717) is 12.2 Å². The monoisotopic (exact) mass is 277 g/mol. The molecule has 6 nitrogen and oxygen atoms in total. The summed E-state index contributed by atoms with van der Waals surface area (Å²) in [4.78, 5) is 11.8. The molecule has 1 amide bonds. The number of rotatable bonds is 6. The van der Waals surface area contributed by atoms with Gasteiger partial charge in [0.05, 0.1) is 18.1 Å². The number of amides is 1. The molecule has 1 heterocycles. The van der Waals surface area contributed by atoms with Gasteiger partial charge in [0, 0.05) is 6.54 Å². The first kappa shape index (κ1) is 14.6. The molecule has 102 valence electrons. The molecular formula is C10H16FN3O3S. The number of carbonyl (C=O) groups is 1. The molecular weight excluding hydrogens is 261 g/mol. The third-order valence-electron chi connectivity index (χ3n) is 2.23. The van der Waals surface area contributed by atoms with Gasteiger partial charge in [-0.05, 0) is 26.3 Å². The lowest BCUT2D eigenvalue weighted by atomic mass is 10.3. The third-order valence-corrected chi connectivity index (χ3v) is 3.55. The Hall–Kier alpha value is -1.44. The van der Waals surface area contributed by atoms with Gasteiger partial charge >= 0.3 is 0 Å². The number of aromatic nitrogens is 2. The molecule has 1 aromatic rings. The number of carbonyl (C=O) groups excluding carboxylic acids is 1. The summed E-state index contributed by atoms with van der Waals surface area (Å²) in [5.41, 5.74) is 0.807. The molecule has 0 bridgehead atoms. The van der Waals surface area contributed by atoms with Gasteiger partial charge in [-0.2, -0.15) is 5.10 Å². The highest BCUT2D eigenvalue weighted by atomic mass is 32.2.